The fraction of sp³-hybridized carbons (Fsp3) is 0.750. The van der Waals surface area contributed by atoms with Crippen LogP contribution < -0.4 is 0 Å². The predicted octanol–water partition coefficient (Wildman–Crippen LogP) is 2.16. The number of aryl methyl sites for hydroxylation is 1. The third-order valence-electron chi connectivity index (χ3n) is 3.58. The molecule has 1 aliphatic rings. The van der Waals surface area contributed by atoms with E-state index in [0.717, 1.165) is 12.2 Å². The predicted molar refractivity (Wildman–Crippen MR) is 59.6 cm³/mol. The Morgan fingerprint density at radius 3 is 2.67 bits per heavy atom. The van der Waals surface area contributed by atoms with Gasteiger partial charge in [0.25, 0.3) is 0 Å². The molecular formula is C12H20N2O. The molecule has 1 heterocycles. The molecule has 1 fully saturated rings. The molecule has 4 unspecified atom stereocenters. The van der Waals surface area contributed by atoms with Crippen LogP contribution >= 0.6 is 0 Å². The summed E-state index contributed by atoms with van der Waals surface area (Å²) < 4.78 is 2.13. The minimum Gasteiger partial charge on any atom is -0.391 e. The summed E-state index contributed by atoms with van der Waals surface area (Å²) in [4.78, 5) is 4.23. The number of nitrogens with zero attached hydrogens (tertiary/aromatic N) is 2. The minimum atomic E-state index is -0.225. The van der Waals surface area contributed by atoms with Crippen LogP contribution in [0.3, 0.4) is 0 Å². The van der Waals surface area contributed by atoms with Crippen molar-refractivity contribution < 1.29 is 5.11 Å². The van der Waals surface area contributed by atoms with Gasteiger partial charge in [-0.25, -0.2) is 4.98 Å². The second-order valence-corrected chi connectivity index (χ2v) is 4.99. The summed E-state index contributed by atoms with van der Waals surface area (Å²) in [5.41, 5.74) is 0. The van der Waals surface area contributed by atoms with Gasteiger partial charge in [0.05, 0.1) is 12.1 Å². The Hall–Kier alpha value is -0.830. The van der Waals surface area contributed by atoms with E-state index in [1.165, 1.54) is 6.42 Å². The van der Waals surface area contributed by atoms with E-state index in [4.69, 9.17) is 0 Å². The topological polar surface area (TPSA) is 38.0 Å². The fourth-order valence-electron chi connectivity index (χ4n) is 2.96. The summed E-state index contributed by atoms with van der Waals surface area (Å²) >= 11 is 0. The third-order valence-corrected chi connectivity index (χ3v) is 3.58. The lowest BCUT2D eigenvalue weighted by atomic mass is 9.78. The largest absolute Gasteiger partial charge is 0.391 e. The van der Waals surface area contributed by atoms with E-state index in [-0.39, 0.29) is 12.1 Å². The zero-order valence-corrected chi connectivity index (χ0v) is 9.72. The number of hydrogen-bond donors (Lipinski definition) is 1. The standard InChI is InChI=1S/C12H20N2O/c1-8-6-9(2)12(11(15)7-8)14-5-4-13-10(14)3/h4-5,8-9,11-12,15H,6-7H2,1-3H3. The molecule has 0 saturated heterocycles. The molecule has 3 nitrogen and oxygen atoms in total. The molecule has 3 heteroatoms. The number of aliphatic hydroxyl groups is 1. The van der Waals surface area contributed by atoms with Gasteiger partial charge >= 0.3 is 0 Å². The van der Waals surface area contributed by atoms with E-state index in [0.29, 0.717) is 11.8 Å². The average Bonchev–Trinajstić information content (AvgIpc) is 2.50. The molecule has 0 aromatic carbocycles. The summed E-state index contributed by atoms with van der Waals surface area (Å²) in [7, 11) is 0. The molecule has 1 saturated carbocycles. The maximum atomic E-state index is 10.2. The van der Waals surface area contributed by atoms with Crippen LogP contribution in [0.1, 0.15) is 38.6 Å². The van der Waals surface area contributed by atoms with Crippen LogP contribution in [0.2, 0.25) is 0 Å². The molecule has 0 amide bonds. The highest BCUT2D eigenvalue weighted by Gasteiger charge is 2.34. The average molecular weight is 208 g/mol. The van der Waals surface area contributed by atoms with Crippen LogP contribution in [0.15, 0.2) is 12.4 Å². The van der Waals surface area contributed by atoms with Gasteiger partial charge in [0, 0.05) is 12.4 Å². The Morgan fingerprint density at radius 1 is 1.40 bits per heavy atom. The van der Waals surface area contributed by atoms with Crippen molar-refractivity contribution in [3.8, 4) is 0 Å². The number of aromatic nitrogens is 2. The molecule has 0 spiro atoms. The first-order chi connectivity index (χ1) is 7.09. The zero-order valence-electron chi connectivity index (χ0n) is 9.72. The van der Waals surface area contributed by atoms with Gasteiger partial charge in [-0.2, -0.15) is 0 Å². The van der Waals surface area contributed by atoms with Crippen molar-refractivity contribution in [2.75, 3.05) is 0 Å². The number of aliphatic hydroxyl groups excluding tert-OH is 1. The van der Waals surface area contributed by atoms with Gasteiger partial charge in [-0.1, -0.05) is 13.8 Å². The molecular weight excluding hydrogens is 188 g/mol. The normalized spacial score (nSPS) is 36.8. The van der Waals surface area contributed by atoms with Crippen molar-refractivity contribution in [2.24, 2.45) is 11.8 Å². The molecule has 0 bridgehead atoms. The van der Waals surface area contributed by atoms with Gasteiger partial charge < -0.3 is 9.67 Å². The van der Waals surface area contributed by atoms with Crippen LogP contribution in [-0.2, 0) is 0 Å². The second-order valence-electron chi connectivity index (χ2n) is 4.99. The first kappa shape index (κ1) is 10.7. The van der Waals surface area contributed by atoms with E-state index in [1.54, 1.807) is 0 Å². The maximum absolute atomic E-state index is 10.2. The van der Waals surface area contributed by atoms with Crippen molar-refractivity contribution in [1.29, 1.82) is 0 Å². The molecule has 0 radical (unpaired) electrons. The summed E-state index contributed by atoms with van der Waals surface area (Å²) in [6, 6.07) is 0.212. The zero-order chi connectivity index (χ0) is 11.0. The van der Waals surface area contributed by atoms with Crippen LogP contribution in [0.25, 0.3) is 0 Å². The first-order valence-corrected chi connectivity index (χ1v) is 5.77. The smallest absolute Gasteiger partial charge is 0.105 e. The molecule has 4 atom stereocenters. The first-order valence-electron chi connectivity index (χ1n) is 5.77. The quantitative estimate of drug-likeness (QED) is 0.768. The lowest BCUT2D eigenvalue weighted by Gasteiger charge is -2.38. The van der Waals surface area contributed by atoms with Gasteiger partial charge in [-0.05, 0) is 31.6 Å². The highest BCUT2D eigenvalue weighted by molar-refractivity contribution is 4.97. The van der Waals surface area contributed by atoms with Crippen molar-refractivity contribution in [3.63, 3.8) is 0 Å². The highest BCUT2D eigenvalue weighted by Crippen LogP contribution is 2.37. The lowest BCUT2D eigenvalue weighted by Crippen LogP contribution is -2.36. The third kappa shape index (κ3) is 1.93. The number of hydrogen-bond acceptors (Lipinski definition) is 2. The Morgan fingerprint density at radius 2 is 2.13 bits per heavy atom. The number of rotatable bonds is 1. The van der Waals surface area contributed by atoms with Crippen molar-refractivity contribution in [3.05, 3.63) is 18.2 Å². The van der Waals surface area contributed by atoms with Crippen molar-refractivity contribution in [1.82, 2.24) is 9.55 Å². The van der Waals surface area contributed by atoms with Gasteiger partial charge in [-0.3, -0.25) is 0 Å². The number of imidazole rings is 1. The van der Waals surface area contributed by atoms with Crippen LogP contribution in [0.4, 0.5) is 0 Å². The minimum absolute atomic E-state index is 0.212. The van der Waals surface area contributed by atoms with Crippen LogP contribution in [0.5, 0.6) is 0 Å². The Labute approximate surface area is 91.1 Å². The fourth-order valence-corrected chi connectivity index (χ4v) is 2.96. The lowest BCUT2D eigenvalue weighted by molar-refractivity contribution is 0.0225. The van der Waals surface area contributed by atoms with Crippen LogP contribution in [-0.4, -0.2) is 20.8 Å². The van der Waals surface area contributed by atoms with E-state index in [2.05, 4.69) is 23.4 Å². The molecule has 1 aromatic rings. The Kier molecular flexibility index (Phi) is 2.83. The van der Waals surface area contributed by atoms with Gasteiger partial charge in [-0.15, -0.1) is 0 Å². The molecule has 84 valence electrons. The van der Waals surface area contributed by atoms with E-state index >= 15 is 0 Å². The molecule has 15 heavy (non-hydrogen) atoms. The monoisotopic (exact) mass is 208 g/mol. The summed E-state index contributed by atoms with van der Waals surface area (Å²) in [6.45, 7) is 6.44. The van der Waals surface area contributed by atoms with Crippen molar-refractivity contribution >= 4 is 0 Å². The summed E-state index contributed by atoms with van der Waals surface area (Å²) in [5.74, 6) is 2.16. The summed E-state index contributed by atoms with van der Waals surface area (Å²) in [6.07, 6.45) is 5.67. The maximum Gasteiger partial charge on any atom is 0.105 e. The van der Waals surface area contributed by atoms with Crippen molar-refractivity contribution in [2.45, 2.75) is 45.8 Å². The Bertz CT molecular complexity index is 322. The van der Waals surface area contributed by atoms with E-state index in [9.17, 15) is 5.11 Å². The molecule has 0 aliphatic heterocycles. The van der Waals surface area contributed by atoms with Gasteiger partial charge in [0.1, 0.15) is 5.82 Å². The van der Waals surface area contributed by atoms with Gasteiger partial charge in [0.2, 0.25) is 0 Å². The summed E-state index contributed by atoms with van der Waals surface area (Å²) in [5, 5.41) is 10.2. The van der Waals surface area contributed by atoms with E-state index < -0.39 is 0 Å². The second kappa shape index (κ2) is 3.97. The molecule has 1 aromatic heterocycles. The molecule has 2 rings (SSSR count). The highest BCUT2D eigenvalue weighted by atomic mass is 16.3. The molecule has 1 N–H and O–H groups in total. The van der Waals surface area contributed by atoms with E-state index in [1.807, 2.05) is 19.3 Å². The SMILES string of the molecule is Cc1nccn1C1C(C)CC(C)CC1O. The Balaban J connectivity index is 2.24. The molecule has 1 aliphatic carbocycles. The van der Waals surface area contributed by atoms with Crippen LogP contribution in [0, 0.1) is 18.8 Å². The van der Waals surface area contributed by atoms with Gasteiger partial charge in [0.15, 0.2) is 0 Å².